The molecule has 0 saturated carbocycles. The largest absolute Gasteiger partial charge is 0.493 e. The Morgan fingerprint density at radius 1 is 1.21 bits per heavy atom. The standard InChI is InChI=1S/C26H26ClFN2O4/c1-17-13-18(7-8-20(17)27)33-16-26(14-24(29)31)11-4-12-30(15-26)25(32)23-10-9-22(34-23)19-5-2-3-6-21(19)28/h2-3,5-10,13H,4,11-12,14-16H2,1H3,(H2,29,31)/t26-/m1/s1. The number of nitrogens with zero attached hydrogens (tertiary/aromatic N) is 1. The number of carbonyl (C=O) groups is 2. The lowest BCUT2D eigenvalue weighted by atomic mass is 9.77. The predicted molar refractivity (Wildman–Crippen MR) is 127 cm³/mol. The Kier molecular flexibility index (Phi) is 6.93. The lowest BCUT2D eigenvalue weighted by Crippen LogP contribution is -2.50. The molecule has 2 heterocycles. The minimum absolute atomic E-state index is 0.0853. The normalized spacial score (nSPS) is 18.0. The van der Waals surface area contributed by atoms with Crippen LogP contribution in [0.25, 0.3) is 11.3 Å². The number of rotatable bonds is 7. The van der Waals surface area contributed by atoms with Gasteiger partial charge in [-0.05, 0) is 67.8 Å². The fourth-order valence-corrected chi connectivity index (χ4v) is 4.54. The van der Waals surface area contributed by atoms with Gasteiger partial charge in [0.2, 0.25) is 5.91 Å². The molecule has 1 aromatic heterocycles. The molecule has 2 aromatic carbocycles. The first kappa shape index (κ1) is 23.8. The summed E-state index contributed by atoms with van der Waals surface area (Å²) in [6.45, 7) is 2.90. The summed E-state index contributed by atoms with van der Waals surface area (Å²) >= 11 is 6.10. The van der Waals surface area contributed by atoms with E-state index in [0.717, 1.165) is 5.56 Å². The molecule has 1 aliphatic rings. The number of likely N-dealkylation sites (tertiary alicyclic amines) is 1. The van der Waals surface area contributed by atoms with E-state index in [9.17, 15) is 14.0 Å². The summed E-state index contributed by atoms with van der Waals surface area (Å²) in [6, 6.07) is 14.7. The Bertz CT molecular complexity index is 1210. The predicted octanol–water partition coefficient (Wildman–Crippen LogP) is 5.22. The SMILES string of the molecule is Cc1cc(OC[C@@]2(CC(N)=O)CCCN(C(=O)c3ccc(-c4ccccc4F)o3)C2)ccc1Cl. The summed E-state index contributed by atoms with van der Waals surface area (Å²) in [5.74, 6) is -0.173. The Morgan fingerprint density at radius 3 is 2.74 bits per heavy atom. The van der Waals surface area contributed by atoms with Gasteiger partial charge in [0, 0.05) is 29.9 Å². The van der Waals surface area contributed by atoms with Gasteiger partial charge in [-0.15, -0.1) is 0 Å². The number of primary amides is 1. The molecule has 4 rings (SSSR count). The smallest absolute Gasteiger partial charge is 0.289 e. The number of piperidine rings is 1. The number of ether oxygens (including phenoxy) is 1. The number of furan rings is 1. The van der Waals surface area contributed by atoms with Crippen molar-refractivity contribution in [1.82, 2.24) is 4.90 Å². The zero-order valence-corrected chi connectivity index (χ0v) is 19.6. The molecule has 1 saturated heterocycles. The summed E-state index contributed by atoms with van der Waals surface area (Å²) in [5.41, 5.74) is 6.10. The third kappa shape index (κ3) is 5.25. The van der Waals surface area contributed by atoms with Crippen LogP contribution in [0.5, 0.6) is 5.75 Å². The molecule has 0 aliphatic carbocycles. The maximum atomic E-state index is 14.1. The third-order valence-corrected chi connectivity index (χ3v) is 6.55. The summed E-state index contributed by atoms with van der Waals surface area (Å²) in [6.07, 6.45) is 1.45. The van der Waals surface area contributed by atoms with Gasteiger partial charge < -0.3 is 19.8 Å². The van der Waals surface area contributed by atoms with E-state index in [1.165, 1.54) is 6.07 Å². The molecule has 3 aromatic rings. The number of hydrogen-bond acceptors (Lipinski definition) is 4. The molecule has 1 fully saturated rings. The van der Waals surface area contributed by atoms with Crippen LogP contribution in [0.1, 0.15) is 35.4 Å². The van der Waals surface area contributed by atoms with Gasteiger partial charge >= 0.3 is 0 Å². The molecular formula is C26H26ClFN2O4. The molecule has 2 N–H and O–H groups in total. The van der Waals surface area contributed by atoms with E-state index in [0.29, 0.717) is 30.2 Å². The van der Waals surface area contributed by atoms with Crippen LogP contribution in [-0.2, 0) is 4.79 Å². The number of amides is 2. The van der Waals surface area contributed by atoms with Crippen molar-refractivity contribution >= 4 is 23.4 Å². The Labute approximate surface area is 202 Å². The molecule has 34 heavy (non-hydrogen) atoms. The molecule has 2 amide bonds. The number of carbonyl (C=O) groups excluding carboxylic acids is 2. The molecule has 0 bridgehead atoms. The minimum atomic E-state index is -0.631. The van der Waals surface area contributed by atoms with Crippen molar-refractivity contribution in [2.45, 2.75) is 26.2 Å². The summed E-state index contributed by atoms with van der Waals surface area (Å²) in [4.78, 5) is 26.8. The van der Waals surface area contributed by atoms with Crippen molar-refractivity contribution in [3.8, 4) is 17.1 Å². The van der Waals surface area contributed by atoms with Gasteiger partial charge in [0.15, 0.2) is 5.76 Å². The van der Waals surface area contributed by atoms with Crippen LogP contribution in [0, 0.1) is 18.2 Å². The maximum Gasteiger partial charge on any atom is 0.289 e. The van der Waals surface area contributed by atoms with Crippen molar-refractivity contribution in [1.29, 1.82) is 0 Å². The Hall–Kier alpha value is -3.32. The topological polar surface area (TPSA) is 85.8 Å². The zero-order chi connectivity index (χ0) is 24.3. The first-order chi connectivity index (χ1) is 16.3. The highest BCUT2D eigenvalue weighted by Gasteiger charge is 2.40. The lowest BCUT2D eigenvalue weighted by molar-refractivity contribution is -0.122. The quantitative estimate of drug-likeness (QED) is 0.498. The number of aryl methyl sites for hydroxylation is 1. The van der Waals surface area contributed by atoms with Crippen LogP contribution in [0.3, 0.4) is 0 Å². The average Bonchev–Trinajstić information content (AvgIpc) is 3.29. The highest BCUT2D eigenvalue weighted by atomic mass is 35.5. The van der Waals surface area contributed by atoms with E-state index in [1.807, 2.05) is 13.0 Å². The van der Waals surface area contributed by atoms with Gasteiger partial charge in [0.05, 0.1) is 12.2 Å². The Morgan fingerprint density at radius 2 is 2.00 bits per heavy atom. The molecule has 0 radical (unpaired) electrons. The van der Waals surface area contributed by atoms with Crippen LogP contribution in [-0.4, -0.2) is 36.4 Å². The van der Waals surface area contributed by atoms with E-state index in [1.54, 1.807) is 47.4 Å². The van der Waals surface area contributed by atoms with E-state index < -0.39 is 17.1 Å². The van der Waals surface area contributed by atoms with Gasteiger partial charge in [-0.2, -0.15) is 0 Å². The molecule has 178 valence electrons. The van der Waals surface area contributed by atoms with E-state index >= 15 is 0 Å². The number of halogens is 2. The summed E-state index contributed by atoms with van der Waals surface area (Å²) in [5, 5.41) is 0.641. The molecule has 1 atom stereocenters. The van der Waals surface area contributed by atoms with Crippen molar-refractivity contribution < 1.29 is 23.1 Å². The number of hydrogen-bond donors (Lipinski definition) is 1. The summed E-state index contributed by atoms with van der Waals surface area (Å²) in [7, 11) is 0. The minimum Gasteiger partial charge on any atom is -0.493 e. The van der Waals surface area contributed by atoms with Crippen LogP contribution >= 0.6 is 11.6 Å². The van der Waals surface area contributed by atoms with Crippen molar-refractivity contribution in [2.75, 3.05) is 19.7 Å². The first-order valence-electron chi connectivity index (χ1n) is 11.1. The fraction of sp³-hybridized carbons (Fsp3) is 0.308. The molecule has 1 aliphatic heterocycles. The molecule has 6 nitrogen and oxygen atoms in total. The second kappa shape index (κ2) is 9.89. The second-order valence-corrected chi connectivity index (χ2v) is 9.22. The Balaban J connectivity index is 1.51. The zero-order valence-electron chi connectivity index (χ0n) is 18.9. The second-order valence-electron chi connectivity index (χ2n) is 8.82. The van der Waals surface area contributed by atoms with Crippen molar-refractivity contribution in [2.24, 2.45) is 11.1 Å². The van der Waals surface area contributed by atoms with Gasteiger partial charge in [-0.3, -0.25) is 9.59 Å². The maximum absolute atomic E-state index is 14.1. The van der Waals surface area contributed by atoms with Crippen molar-refractivity contribution in [3.05, 3.63) is 76.8 Å². The molecule has 0 unspecified atom stereocenters. The van der Waals surface area contributed by atoms with Gasteiger partial charge in [-0.25, -0.2) is 4.39 Å². The highest BCUT2D eigenvalue weighted by molar-refractivity contribution is 6.31. The van der Waals surface area contributed by atoms with Gasteiger partial charge in [0.25, 0.3) is 5.91 Å². The van der Waals surface area contributed by atoms with E-state index in [-0.39, 0.29) is 42.6 Å². The van der Waals surface area contributed by atoms with Gasteiger partial charge in [-0.1, -0.05) is 23.7 Å². The fourth-order valence-electron chi connectivity index (χ4n) is 4.42. The first-order valence-corrected chi connectivity index (χ1v) is 11.5. The monoisotopic (exact) mass is 484 g/mol. The molecule has 0 spiro atoms. The third-order valence-electron chi connectivity index (χ3n) is 6.13. The molecular weight excluding hydrogens is 459 g/mol. The molecule has 8 heteroatoms. The van der Waals surface area contributed by atoms with Gasteiger partial charge in [0.1, 0.15) is 17.3 Å². The van der Waals surface area contributed by atoms with Crippen LogP contribution in [0.4, 0.5) is 4.39 Å². The van der Waals surface area contributed by atoms with Crippen molar-refractivity contribution in [3.63, 3.8) is 0 Å². The van der Waals surface area contributed by atoms with Crippen LogP contribution < -0.4 is 10.5 Å². The van der Waals surface area contributed by atoms with Crippen LogP contribution in [0.2, 0.25) is 5.02 Å². The highest BCUT2D eigenvalue weighted by Crippen LogP contribution is 2.36. The summed E-state index contributed by atoms with van der Waals surface area (Å²) < 4.78 is 25.8. The van der Waals surface area contributed by atoms with E-state index in [4.69, 9.17) is 26.5 Å². The number of benzene rings is 2. The van der Waals surface area contributed by atoms with E-state index in [2.05, 4.69) is 0 Å². The average molecular weight is 485 g/mol. The lowest BCUT2D eigenvalue weighted by Gasteiger charge is -2.41. The van der Waals surface area contributed by atoms with Crippen LogP contribution in [0.15, 0.2) is 59.0 Å². The number of nitrogens with two attached hydrogens (primary N) is 1.